The highest BCUT2D eigenvalue weighted by Gasteiger charge is 2.07. The molecular formula is C15H10Br2F2O2. The summed E-state index contributed by atoms with van der Waals surface area (Å²) in [5, 5.41) is 9.64. The zero-order chi connectivity index (χ0) is 15.4. The summed E-state index contributed by atoms with van der Waals surface area (Å²) in [4.78, 5) is 0. The molecule has 0 spiro atoms. The molecule has 110 valence electrons. The van der Waals surface area contributed by atoms with Gasteiger partial charge in [-0.3, -0.25) is 0 Å². The average molecular weight is 420 g/mol. The molecule has 0 aliphatic rings. The van der Waals surface area contributed by atoms with E-state index >= 15 is 0 Å². The van der Waals surface area contributed by atoms with E-state index in [1.807, 2.05) is 0 Å². The lowest BCUT2D eigenvalue weighted by molar-refractivity contribution is -0.0499. The Bertz CT molecular complexity index is 649. The van der Waals surface area contributed by atoms with Crippen molar-refractivity contribution in [3.8, 4) is 11.5 Å². The first kappa shape index (κ1) is 16.0. The summed E-state index contributed by atoms with van der Waals surface area (Å²) < 4.78 is 30.2. The van der Waals surface area contributed by atoms with Gasteiger partial charge < -0.3 is 9.84 Å². The van der Waals surface area contributed by atoms with Crippen LogP contribution in [0.25, 0.3) is 12.2 Å². The van der Waals surface area contributed by atoms with Crippen LogP contribution in [0, 0.1) is 0 Å². The van der Waals surface area contributed by atoms with Crippen molar-refractivity contribution in [2.24, 2.45) is 0 Å². The van der Waals surface area contributed by atoms with Crippen LogP contribution in [0.4, 0.5) is 8.78 Å². The zero-order valence-corrected chi connectivity index (χ0v) is 13.7. The Morgan fingerprint density at radius 1 is 1.05 bits per heavy atom. The number of phenolic OH excluding ortho intramolecular Hbond substituents is 1. The van der Waals surface area contributed by atoms with Crippen LogP contribution in [0.5, 0.6) is 11.5 Å². The number of halogens is 4. The molecule has 0 aliphatic heterocycles. The quantitative estimate of drug-likeness (QED) is 0.645. The SMILES string of the molecule is Oc1c(Br)cc(/C=C/c2ccccc2OC(F)F)cc1Br. The molecule has 0 heterocycles. The summed E-state index contributed by atoms with van der Waals surface area (Å²) in [6.45, 7) is -2.86. The Balaban J connectivity index is 2.29. The van der Waals surface area contributed by atoms with Gasteiger partial charge in [0.2, 0.25) is 0 Å². The van der Waals surface area contributed by atoms with Crippen LogP contribution < -0.4 is 4.74 Å². The second-order valence-corrected chi connectivity index (χ2v) is 5.79. The first-order chi connectivity index (χ1) is 9.97. The molecule has 0 amide bonds. The van der Waals surface area contributed by atoms with E-state index in [1.165, 1.54) is 6.07 Å². The first-order valence-corrected chi connectivity index (χ1v) is 7.46. The van der Waals surface area contributed by atoms with Crippen molar-refractivity contribution >= 4 is 44.0 Å². The third-order valence-electron chi connectivity index (χ3n) is 2.63. The summed E-state index contributed by atoms with van der Waals surface area (Å²) in [5.41, 5.74) is 1.33. The Morgan fingerprint density at radius 2 is 1.67 bits per heavy atom. The van der Waals surface area contributed by atoms with E-state index in [1.54, 1.807) is 42.5 Å². The minimum absolute atomic E-state index is 0.105. The molecule has 0 unspecified atom stereocenters. The van der Waals surface area contributed by atoms with Gasteiger partial charge in [0.05, 0.1) is 8.95 Å². The molecule has 0 saturated heterocycles. The molecule has 0 fully saturated rings. The van der Waals surface area contributed by atoms with E-state index in [2.05, 4.69) is 36.6 Å². The number of hydrogen-bond acceptors (Lipinski definition) is 2. The maximum absolute atomic E-state index is 12.3. The van der Waals surface area contributed by atoms with Gasteiger partial charge in [0.1, 0.15) is 11.5 Å². The van der Waals surface area contributed by atoms with Crippen LogP contribution >= 0.6 is 31.9 Å². The Hall–Kier alpha value is -1.40. The molecule has 0 aromatic heterocycles. The normalized spacial score (nSPS) is 11.3. The molecule has 0 atom stereocenters. The summed E-state index contributed by atoms with van der Waals surface area (Å²) in [7, 11) is 0. The topological polar surface area (TPSA) is 29.5 Å². The predicted octanol–water partition coefficient (Wildman–Crippen LogP) is 5.69. The number of para-hydroxylation sites is 1. The molecule has 2 rings (SSSR count). The van der Waals surface area contributed by atoms with Crippen LogP contribution in [0.15, 0.2) is 45.3 Å². The summed E-state index contributed by atoms with van der Waals surface area (Å²) in [6.07, 6.45) is 3.41. The second-order valence-electron chi connectivity index (χ2n) is 4.08. The van der Waals surface area contributed by atoms with Gasteiger partial charge in [-0.1, -0.05) is 30.4 Å². The third-order valence-corrected chi connectivity index (χ3v) is 3.84. The number of aromatic hydroxyl groups is 1. The van der Waals surface area contributed by atoms with Crippen molar-refractivity contribution in [2.45, 2.75) is 6.61 Å². The van der Waals surface area contributed by atoms with E-state index in [-0.39, 0.29) is 11.5 Å². The lowest BCUT2D eigenvalue weighted by Gasteiger charge is -2.07. The standard InChI is InChI=1S/C15H10Br2F2O2/c16-11-7-9(8-12(17)14(11)20)5-6-10-3-1-2-4-13(10)21-15(18)19/h1-8,15,20H/b6-5+. The number of benzene rings is 2. The zero-order valence-electron chi connectivity index (χ0n) is 10.6. The monoisotopic (exact) mass is 418 g/mol. The molecule has 0 saturated carbocycles. The van der Waals surface area contributed by atoms with Crippen molar-refractivity contribution in [3.05, 3.63) is 56.5 Å². The lowest BCUT2D eigenvalue weighted by atomic mass is 10.1. The van der Waals surface area contributed by atoms with Crippen molar-refractivity contribution in [1.29, 1.82) is 0 Å². The Kier molecular flexibility index (Phi) is 5.36. The van der Waals surface area contributed by atoms with E-state index in [9.17, 15) is 13.9 Å². The molecule has 6 heteroatoms. The van der Waals surface area contributed by atoms with Crippen LogP contribution in [-0.4, -0.2) is 11.7 Å². The number of alkyl halides is 2. The molecule has 2 aromatic rings. The van der Waals surface area contributed by atoms with E-state index in [4.69, 9.17) is 0 Å². The predicted molar refractivity (Wildman–Crippen MR) is 85.5 cm³/mol. The van der Waals surface area contributed by atoms with E-state index < -0.39 is 6.61 Å². The number of phenols is 1. The third kappa shape index (κ3) is 4.28. The van der Waals surface area contributed by atoms with Gasteiger partial charge in [-0.25, -0.2) is 0 Å². The van der Waals surface area contributed by atoms with Crippen molar-refractivity contribution < 1.29 is 18.6 Å². The van der Waals surface area contributed by atoms with E-state index in [0.717, 1.165) is 5.56 Å². The van der Waals surface area contributed by atoms with Gasteiger partial charge in [0.25, 0.3) is 0 Å². The van der Waals surface area contributed by atoms with Gasteiger partial charge in [-0.15, -0.1) is 0 Å². The molecule has 21 heavy (non-hydrogen) atoms. The van der Waals surface area contributed by atoms with Gasteiger partial charge in [-0.2, -0.15) is 8.78 Å². The number of rotatable bonds is 4. The van der Waals surface area contributed by atoms with Crippen LogP contribution in [0.3, 0.4) is 0 Å². The minimum atomic E-state index is -2.86. The number of hydrogen-bond donors (Lipinski definition) is 1. The highest BCUT2D eigenvalue weighted by molar-refractivity contribution is 9.11. The van der Waals surface area contributed by atoms with Gasteiger partial charge in [-0.05, 0) is 55.6 Å². The smallest absolute Gasteiger partial charge is 0.387 e. The maximum Gasteiger partial charge on any atom is 0.387 e. The van der Waals surface area contributed by atoms with Gasteiger partial charge in [0, 0.05) is 5.56 Å². The van der Waals surface area contributed by atoms with Crippen molar-refractivity contribution in [1.82, 2.24) is 0 Å². The molecule has 0 radical (unpaired) electrons. The molecular weight excluding hydrogens is 410 g/mol. The lowest BCUT2D eigenvalue weighted by Crippen LogP contribution is -2.02. The van der Waals surface area contributed by atoms with Crippen LogP contribution in [-0.2, 0) is 0 Å². The summed E-state index contributed by atoms with van der Waals surface area (Å²) >= 11 is 6.47. The maximum atomic E-state index is 12.3. The largest absolute Gasteiger partial charge is 0.506 e. The van der Waals surface area contributed by atoms with Crippen LogP contribution in [0.2, 0.25) is 0 Å². The fourth-order valence-corrected chi connectivity index (χ4v) is 2.91. The molecule has 0 bridgehead atoms. The average Bonchev–Trinajstić information content (AvgIpc) is 2.43. The molecule has 0 aliphatic carbocycles. The fourth-order valence-electron chi connectivity index (χ4n) is 1.69. The number of ether oxygens (including phenoxy) is 1. The van der Waals surface area contributed by atoms with Crippen molar-refractivity contribution in [2.75, 3.05) is 0 Å². The summed E-state index contributed by atoms with van der Waals surface area (Å²) in [5.74, 6) is 0.217. The van der Waals surface area contributed by atoms with Crippen molar-refractivity contribution in [3.63, 3.8) is 0 Å². The van der Waals surface area contributed by atoms with Gasteiger partial charge in [0.15, 0.2) is 0 Å². The first-order valence-electron chi connectivity index (χ1n) is 5.87. The molecule has 1 N–H and O–H groups in total. The Labute approximate surface area is 137 Å². The van der Waals surface area contributed by atoms with E-state index in [0.29, 0.717) is 14.5 Å². The fraction of sp³-hybridized carbons (Fsp3) is 0.0667. The highest BCUT2D eigenvalue weighted by Crippen LogP contribution is 2.34. The second kappa shape index (κ2) is 7.04. The van der Waals surface area contributed by atoms with Gasteiger partial charge >= 0.3 is 6.61 Å². The van der Waals surface area contributed by atoms with Crippen LogP contribution in [0.1, 0.15) is 11.1 Å². The highest BCUT2D eigenvalue weighted by atomic mass is 79.9. The minimum Gasteiger partial charge on any atom is -0.506 e. The summed E-state index contributed by atoms with van der Waals surface area (Å²) in [6, 6.07) is 9.96. The molecule has 2 nitrogen and oxygen atoms in total. The molecule has 2 aromatic carbocycles. The Morgan fingerprint density at radius 3 is 2.29 bits per heavy atom.